The van der Waals surface area contributed by atoms with E-state index in [9.17, 15) is 4.79 Å². The fraction of sp³-hybridized carbons (Fsp3) is 0.261. The molecule has 0 aliphatic carbocycles. The molecule has 27 heavy (non-hydrogen) atoms. The SMILES string of the molecule is O=C(C#Cc1cccc2ccccc12)N1CCCN(Cc2ccsc2)CC1. The third-order valence-electron chi connectivity index (χ3n) is 4.96. The third-order valence-corrected chi connectivity index (χ3v) is 5.69. The van der Waals surface area contributed by atoms with Crippen LogP contribution in [0.1, 0.15) is 17.5 Å². The van der Waals surface area contributed by atoms with E-state index in [1.807, 2.05) is 29.2 Å². The van der Waals surface area contributed by atoms with Crippen LogP contribution in [0.2, 0.25) is 0 Å². The van der Waals surface area contributed by atoms with Crippen molar-refractivity contribution in [1.29, 1.82) is 0 Å². The van der Waals surface area contributed by atoms with Crippen LogP contribution in [0.3, 0.4) is 0 Å². The van der Waals surface area contributed by atoms with Gasteiger partial charge in [0, 0.05) is 44.2 Å². The van der Waals surface area contributed by atoms with Gasteiger partial charge in [0.25, 0.3) is 5.91 Å². The number of benzene rings is 2. The first kappa shape index (κ1) is 17.8. The monoisotopic (exact) mass is 374 g/mol. The summed E-state index contributed by atoms with van der Waals surface area (Å²) in [5, 5.41) is 6.56. The molecule has 2 heterocycles. The van der Waals surface area contributed by atoms with E-state index in [1.165, 1.54) is 5.56 Å². The van der Waals surface area contributed by atoms with Crippen LogP contribution >= 0.6 is 11.3 Å². The summed E-state index contributed by atoms with van der Waals surface area (Å²) in [6.45, 7) is 4.41. The Morgan fingerprint density at radius 1 is 1.00 bits per heavy atom. The van der Waals surface area contributed by atoms with Gasteiger partial charge in [-0.25, -0.2) is 0 Å². The molecule has 4 rings (SSSR count). The Balaban J connectivity index is 1.42. The Bertz CT molecular complexity index is 979. The van der Waals surface area contributed by atoms with Crippen molar-refractivity contribution >= 4 is 28.0 Å². The largest absolute Gasteiger partial charge is 0.331 e. The summed E-state index contributed by atoms with van der Waals surface area (Å²) in [5.74, 6) is 5.90. The summed E-state index contributed by atoms with van der Waals surface area (Å²) in [6.07, 6.45) is 0.992. The molecular weight excluding hydrogens is 352 g/mol. The molecule has 3 nitrogen and oxygen atoms in total. The van der Waals surface area contributed by atoms with Gasteiger partial charge in [-0.05, 0) is 45.6 Å². The van der Waals surface area contributed by atoms with Gasteiger partial charge in [0.1, 0.15) is 0 Å². The number of hydrogen-bond donors (Lipinski definition) is 0. The Kier molecular flexibility index (Phi) is 5.53. The molecule has 3 aromatic rings. The second-order valence-electron chi connectivity index (χ2n) is 6.83. The van der Waals surface area contributed by atoms with E-state index in [0.29, 0.717) is 0 Å². The van der Waals surface area contributed by atoms with Gasteiger partial charge in [-0.3, -0.25) is 9.69 Å². The molecular formula is C23H22N2OS. The van der Waals surface area contributed by atoms with Crippen molar-refractivity contribution in [2.75, 3.05) is 26.2 Å². The second-order valence-corrected chi connectivity index (χ2v) is 7.61. The molecule has 1 aliphatic rings. The number of fused-ring (bicyclic) bond motifs is 1. The van der Waals surface area contributed by atoms with Gasteiger partial charge in [0.15, 0.2) is 0 Å². The minimum absolute atomic E-state index is 0.0692. The highest BCUT2D eigenvalue weighted by molar-refractivity contribution is 7.07. The standard InChI is InChI=1S/C23H22N2OS/c26-23(10-9-21-7-3-6-20-5-1-2-8-22(20)21)25-13-4-12-24(14-15-25)17-19-11-16-27-18-19/h1-3,5-8,11,16,18H,4,12-15,17H2. The van der Waals surface area contributed by atoms with Gasteiger partial charge >= 0.3 is 0 Å². The van der Waals surface area contributed by atoms with Crippen LogP contribution in [0.25, 0.3) is 10.8 Å². The highest BCUT2D eigenvalue weighted by Crippen LogP contribution is 2.17. The number of carbonyl (C=O) groups is 1. The van der Waals surface area contributed by atoms with E-state index in [-0.39, 0.29) is 5.91 Å². The number of thiophene rings is 1. The highest BCUT2D eigenvalue weighted by Gasteiger charge is 2.18. The second kappa shape index (κ2) is 8.39. The summed E-state index contributed by atoms with van der Waals surface area (Å²) >= 11 is 1.73. The van der Waals surface area contributed by atoms with Crippen LogP contribution < -0.4 is 0 Å². The van der Waals surface area contributed by atoms with E-state index < -0.39 is 0 Å². The summed E-state index contributed by atoms with van der Waals surface area (Å²) in [7, 11) is 0. The molecule has 0 spiro atoms. The van der Waals surface area contributed by atoms with Gasteiger partial charge < -0.3 is 4.90 Å². The average Bonchev–Trinajstić information content (AvgIpc) is 3.10. The predicted molar refractivity (Wildman–Crippen MR) is 112 cm³/mol. The quantitative estimate of drug-likeness (QED) is 0.633. The first-order valence-corrected chi connectivity index (χ1v) is 10.3. The molecule has 1 saturated heterocycles. The maximum Gasteiger partial charge on any atom is 0.298 e. The molecule has 0 unspecified atom stereocenters. The molecule has 1 fully saturated rings. The van der Waals surface area contributed by atoms with E-state index in [1.54, 1.807) is 11.3 Å². The molecule has 0 atom stereocenters. The summed E-state index contributed by atoms with van der Waals surface area (Å²) in [4.78, 5) is 16.9. The molecule has 0 saturated carbocycles. The molecule has 4 heteroatoms. The lowest BCUT2D eigenvalue weighted by Crippen LogP contribution is -2.34. The average molecular weight is 375 g/mol. The smallest absolute Gasteiger partial charge is 0.298 e. The van der Waals surface area contributed by atoms with E-state index in [0.717, 1.165) is 55.5 Å². The number of rotatable bonds is 2. The van der Waals surface area contributed by atoms with Crippen molar-refractivity contribution in [3.05, 3.63) is 70.4 Å². The first-order chi connectivity index (χ1) is 13.3. The lowest BCUT2D eigenvalue weighted by molar-refractivity contribution is -0.125. The summed E-state index contributed by atoms with van der Waals surface area (Å²) in [5.41, 5.74) is 2.27. The number of carbonyl (C=O) groups excluding carboxylic acids is 1. The van der Waals surface area contributed by atoms with E-state index >= 15 is 0 Å². The first-order valence-electron chi connectivity index (χ1n) is 9.32. The fourth-order valence-electron chi connectivity index (χ4n) is 3.51. The molecule has 0 N–H and O–H groups in total. The fourth-order valence-corrected chi connectivity index (χ4v) is 4.17. The normalized spacial score (nSPS) is 15.2. The summed E-state index contributed by atoms with van der Waals surface area (Å²) < 4.78 is 0. The lowest BCUT2D eigenvalue weighted by Gasteiger charge is -2.20. The van der Waals surface area contributed by atoms with Crippen molar-refractivity contribution in [3.8, 4) is 11.8 Å². The Morgan fingerprint density at radius 2 is 1.89 bits per heavy atom. The van der Waals surface area contributed by atoms with Gasteiger partial charge in [-0.1, -0.05) is 42.3 Å². The molecule has 0 radical (unpaired) electrons. The number of nitrogens with zero attached hydrogens (tertiary/aromatic N) is 2. The van der Waals surface area contributed by atoms with Gasteiger partial charge in [-0.15, -0.1) is 0 Å². The van der Waals surface area contributed by atoms with Gasteiger partial charge in [0.2, 0.25) is 0 Å². The van der Waals surface area contributed by atoms with Crippen molar-refractivity contribution in [1.82, 2.24) is 9.80 Å². The zero-order chi connectivity index (χ0) is 18.5. The van der Waals surface area contributed by atoms with Crippen LogP contribution in [0, 0.1) is 11.8 Å². The molecule has 2 aromatic carbocycles. The van der Waals surface area contributed by atoms with Crippen LogP contribution in [-0.2, 0) is 11.3 Å². The van der Waals surface area contributed by atoms with Gasteiger partial charge in [-0.2, -0.15) is 11.3 Å². The Hall–Kier alpha value is -2.61. The van der Waals surface area contributed by atoms with Crippen molar-refractivity contribution in [2.24, 2.45) is 0 Å². The third kappa shape index (κ3) is 4.39. The number of hydrogen-bond acceptors (Lipinski definition) is 3. The van der Waals surface area contributed by atoms with E-state index in [2.05, 4.69) is 51.8 Å². The minimum atomic E-state index is -0.0692. The van der Waals surface area contributed by atoms with E-state index in [4.69, 9.17) is 0 Å². The van der Waals surface area contributed by atoms with Crippen LogP contribution in [0.15, 0.2) is 59.3 Å². The van der Waals surface area contributed by atoms with Gasteiger partial charge in [0.05, 0.1) is 0 Å². The molecule has 1 aliphatic heterocycles. The number of amides is 1. The summed E-state index contributed by atoms with van der Waals surface area (Å²) in [6, 6.07) is 16.4. The maximum atomic E-state index is 12.6. The molecule has 1 amide bonds. The maximum absolute atomic E-state index is 12.6. The van der Waals surface area contributed by atoms with Crippen LogP contribution in [-0.4, -0.2) is 41.9 Å². The zero-order valence-corrected chi connectivity index (χ0v) is 16.0. The van der Waals surface area contributed by atoms with Crippen molar-refractivity contribution in [2.45, 2.75) is 13.0 Å². The van der Waals surface area contributed by atoms with Crippen LogP contribution in [0.5, 0.6) is 0 Å². The van der Waals surface area contributed by atoms with Crippen molar-refractivity contribution in [3.63, 3.8) is 0 Å². The zero-order valence-electron chi connectivity index (χ0n) is 15.2. The molecule has 0 bridgehead atoms. The molecule has 136 valence electrons. The Morgan fingerprint density at radius 3 is 2.78 bits per heavy atom. The Labute approximate surface area is 164 Å². The lowest BCUT2D eigenvalue weighted by atomic mass is 10.1. The van der Waals surface area contributed by atoms with Crippen molar-refractivity contribution < 1.29 is 4.79 Å². The minimum Gasteiger partial charge on any atom is -0.331 e. The predicted octanol–water partition coefficient (Wildman–Crippen LogP) is 3.99. The van der Waals surface area contributed by atoms with Crippen LogP contribution in [0.4, 0.5) is 0 Å². The molecule has 1 aromatic heterocycles. The topological polar surface area (TPSA) is 23.6 Å². The highest BCUT2D eigenvalue weighted by atomic mass is 32.1.